The van der Waals surface area contributed by atoms with Gasteiger partial charge in [-0.1, -0.05) is 0 Å². The third-order valence-corrected chi connectivity index (χ3v) is 2.95. The fourth-order valence-electron chi connectivity index (χ4n) is 1.55. The van der Waals surface area contributed by atoms with Gasteiger partial charge in [0.1, 0.15) is 0 Å². The Morgan fingerprint density at radius 2 is 2.57 bits per heavy atom. The van der Waals surface area contributed by atoms with Crippen LogP contribution in [0.4, 0.5) is 5.69 Å². The van der Waals surface area contributed by atoms with Crippen LogP contribution in [0.5, 0.6) is 0 Å². The highest BCUT2D eigenvalue weighted by Gasteiger charge is 2.14. The largest absolute Gasteiger partial charge is 0.381 e. The van der Waals surface area contributed by atoms with Crippen molar-refractivity contribution in [3.8, 4) is 0 Å². The Morgan fingerprint density at radius 3 is 3.29 bits per heavy atom. The van der Waals surface area contributed by atoms with E-state index in [0.29, 0.717) is 6.10 Å². The lowest BCUT2D eigenvalue weighted by Crippen LogP contribution is -2.18. The number of nitrogens with zero attached hydrogens (tertiary/aromatic N) is 1. The maximum absolute atomic E-state index is 5.52. The van der Waals surface area contributed by atoms with Gasteiger partial charge in [0.2, 0.25) is 0 Å². The zero-order valence-corrected chi connectivity index (χ0v) is 9.46. The molecule has 0 saturated carbocycles. The Kier molecular flexibility index (Phi) is 3.37. The molecule has 0 bridgehead atoms. The van der Waals surface area contributed by atoms with Crippen molar-refractivity contribution in [3.63, 3.8) is 0 Å². The summed E-state index contributed by atoms with van der Waals surface area (Å²) in [6.45, 7) is 1.78. The number of nitrogens with one attached hydrogen (secondary N) is 1. The maximum atomic E-state index is 5.52. The molecule has 1 unspecified atom stereocenters. The maximum Gasteiger partial charge on any atom is 0.0748 e. The average molecular weight is 257 g/mol. The highest BCUT2D eigenvalue weighted by atomic mass is 79.9. The molecule has 76 valence electrons. The molecule has 1 aliphatic rings. The van der Waals surface area contributed by atoms with E-state index in [1.807, 2.05) is 6.07 Å². The predicted octanol–water partition coefficient (Wildman–Crippen LogP) is 2.44. The minimum atomic E-state index is 0.370. The Balaban J connectivity index is 1.88. The van der Waals surface area contributed by atoms with Crippen LogP contribution >= 0.6 is 15.9 Å². The Bertz CT molecular complexity index is 300. The second-order valence-corrected chi connectivity index (χ2v) is 4.23. The van der Waals surface area contributed by atoms with E-state index in [0.717, 1.165) is 29.7 Å². The van der Waals surface area contributed by atoms with Gasteiger partial charge in [0.05, 0.1) is 16.3 Å². The van der Waals surface area contributed by atoms with Crippen LogP contribution in [0.2, 0.25) is 0 Å². The first-order chi connectivity index (χ1) is 6.86. The van der Waals surface area contributed by atoms with Crippen LogP contribution in [-0.4, -0.2) is 24.2 Å². The third-order valence-electron chi connectivity index (χ3n) is 2.32. The topological polar surface area (TPSA) is 34.2 Å². The Labute approximate surface area is 92.0 Å². The number of hydrogen-bond donors (Lipinski definition) is 1. The highest BCUT2D eigenvalue weighted by Crippen LogP contribution is 2.21. The van der Waals surface area contributed by atoms with Crippen LogP contribution in [-0.2, 0) is 4.74 Å². The molecule has 2 heterocycles. The fraction of sp³-hybridized carbons (Fsp3) is 0.500. The van der Waals surface area contributed by atoms with Crippen LogP contribution in [0, 0.1) is 0 Å². The zero-order valence-electron chi connectivity index (χ0n) is 7.87. The second kappa shape index (κ2) is 4.75. The van der Waals surface area contributed by atoms with Gasteiger partial charge in [-0.05, 0) is 34.8 Å². The van der Waals surface area contributed by atoms with Gasteiger partial charge in [0, 0.05) is 25.5 Å². The lowest BCUT2D eigenvalue weighted by Gasteiger charge is -2.12. The lowest BCUT2D eigenvalue weighted by atomic mass is 10.2. The number of ether oxygens (including phenoxy) is 1. The summed E-state index contributed by atoms with van der Waals surface area (Å²) in [7, 11) is 0. The minimum absolute atomic E-state index is 0.370. The van der Waals surface area contributed by atoms with Crippen LogP contribution < -0.4 is 5.32 Å². The standard InChI is InChI=1S/C10H13BrN2O/c11-9-7-12-4-3-10(9)13-6-8-2-1-5-14-8/h3-4,7-8H,1-2,5-6H2,(H,12,13). The molecule has 4 heteroatoms. The van der Waals surface area contributed by atoms with Crippen LogP contribution in [0.25, 0.3) is 0 Å². The van der Waals surface area contributed by atoms with Crippen molar-refractivity contribution >= 4 is 21.6 Å². The van der Waals surface area contributed by atoms with Gasteiger partial charge in [-0.25, -0.2) is 0 Å². The van der Waals surface area contributed by atoms with E-state index in [1.54, 1.807) is 12.4 Å². The zero-order chi connectivity index (χ0) is 9.80. The van der Waals surface area contributed by atoms with E-state index in [9.17, 15) is 0 Å². The summed E-state index contributed by atoms with van der Waals surface area (Å²) >= 11 is 3.44. The van der Waals surface area contributed by atoms with Crippen molar-refractivity contribution in [1.29, 1.82) is 0 Å². The van der Waals surface area contributed by atoms with Crippen LogP contribution in [0.3, 0.4) is 0 Å². The first-order valence-corrected chi connectivity index (χ1v) is 5.60. The van der Waals surface area contributed by atoms with E-state index in [-0.39, 0.29) is 0 Å². The van der Waals surface area contributed by atoms with Crippen molar-refractivity contribution in [3.05, 3.63) is 22.9 Å². The number of halogens is 1. The first-order valence-electron chi connectivity index (χ1n) is 4.81. The van der Waals surface area contributed by atoms with Crippen molar-refractivity contribution in [2.45, 2.75) is 18.9 Å². The lowest BCUT2D eigenvalue weighted by molar-refractivity contribution is 0.120. The number of pyridine rings is 1. The monoisotopic (exact) mass is 256 g/mol. The van der Waals surface area contributed by atoms with Gasteiger partial charge in [-0.3, -0.25) is 4.98 Å². The molecule has 0 amide bonds. The van der Waals surface area contributed by atoms with Gasteiger partial charge in [0.15, 0.2) is 0 Å². The quantitative estimate of drug-likeness (QED) is 0.903. The molecule has 1 aromatic heterocycles. The van der Waals surface area contributed by atoms with Gasteiger partial charge in [-0.15, -0.1) is 0 Å². The number of aromatic nitrogens is 1. The SMILES string of the molecule is Brc1cnccc1NCC1CCCO1. The summed E-state index contributed by atoms with van der Waals surface area (Å²) in [4.78, 5) is 4.01. The smallest absolute Gasteiger partial charge is 0.0748 e. The summed E-state index contributed by atoms with van der Waals surface area (Å²) in [5.74, 6) is 0. The van der Waals surface area contributed by atoms with Crippen molar-refractivity contribution in [2.24, 2.45) is 0 Å². The van der Waals surface area contributed by atoms with Crippen LogP contribution in [0.15, 0.2) is 22.9 Å². The fourth-order valence-corrected chi connectivity index (χ4v) is 1.94. The Hall–Kier alpha value is -0.610. The summed E-state index contributed by atoms with van der Waals surface area (Å²) in [6.07, 6.45) is 6.29. The third kappa shape index (κ3) is 2.45. The molecule has 1 saturated heterocycles. The van der Waals surface area contributed by atoms with E-state index in [4.69, 9.17) is 4.74 Å². The molecule has 14 heavy (non-hydrogen) atoms. The summed E-state index contributed by atoms with van der Waals surface area (Å²) in [6, 6.07) is 1.96. The average Bonchev–Trinajstić information content (AvgIpc) is 2.69. The summed E-state index contributed by atoms with van der Waals surface area (Å²) in [5, 5.41) is 3.34. The molecular weight excluding hydrogens is 244 g/mol. The molecule has 1 aliphatic heterocycles. The normalized spacial score (nSPS) is 21.1. The number of rotatable bonds is 3. The molecule has 0 radical (unpaired) electrons. The molecule has 1 aromatic rings. The summed E-state index contributed by atoms with van der Waals surface area (Å²) in [5.41, 5.74) is 1.08. The molecule has 1 fully saturated rings. The van der Waals surface area contributed by atoms with Crippen molar-refractivity contribution in [1.82, 2.24) is 4.98 Å². The van der Waals surface area contributed by atoms with Gasteiger partial charge in [-0.2, -0.15) is 0 Å². The van der Waals surface area contributed by atoms with E-state index < -0.39 is 0 Å². The van der Waals surface area contributed by atoms with Crippen LogP contribution in [0.1, 0.15) is 12.8 Å². The van der Waals surface area contributed by atoms with E-state index >= 15 is 0 Å². The molecule has 1 N–H and O–H groups in total. The van der Waals surface area contributed by atoms with Crippen molar-refractivity contribution < 1.29 is 4.74 Å². The second-order valence-electron chi connectivity index (χ2n) is 3.37. The van der Waals surface area contributed by atoms with E-state index in [1.165, 1.54) is 6.42 Å². The van der Waals surface area contributed by atoms with Gasteiger partial charge in [0.25, 0.3) is 0 Å². The van der Waals surface area contributed by atoms with Crippen molar-refractivity contribution in [2.75, 3.05) is 18.5 Å². The molecule has 0 spiro atoms. The molecule has 0 aromatic carbocycles. The summed E-state index contributed by atoms with van der Waals surface area (Å²) < 4.78 is 6.52. The highest BCUT2D eigenvalue weighted by molar-refractivity contribution is 9.10. The van der Waals surface area contributed by atoms with Gasteiger partial charge < -0.3 is 10.1 Å². The molecule has 1 atom stereocenters. The number of anilines is 1. The van der Waals surface area contributed by atoms with Gasteiger partial charge >= 0.3 is 0 Å². The predicted molar refractivity (Wildman–Crippen MR) is 59.4 cm³/mol. The Morgan fingerprint density at radius 1 is 1.64 bits per heavy atom. The molecular formula is C10H13BrN2O. The minimum Gasteiger partial charge on any atom is -0.381 e. The molecule has 3 nitrogen and oxygen atoms in total. The first kappa shape index (κ1) is 9.93. The number of hydrogen-bond acceptors (Lipinski definition) is 3. The molecule has 0 aliphatic carbocycles. The van der Waals surface area contributed by atoms with E-state index in [2.05, 4.69) is 26.2 Å². The molecule has 2 rings (SSSR count).